The van der Waals surface area contributed by atoms with Crippen molar-refractivity contribution in [2.75, 3.05) is 12.4 Å². The van der Waals surface area contributed by atoms with E-state index in [0.717, 1.165) is 12.8 Å². The van der Waals surface area contributed by atoms with E-state index >= 15 is 0 Å². The number of amides is 1. The lowest BCUT2D eigenvalue weighted by atomic mass is 10.2. The van der Waals surface area contributed by atoms with E-state index in [-0.39, 0.29) is 11.9 Å². The molecule has 2 aromatic rings. The summed E-state index contributed by atoms with van der Waals surface area (Å²) in [5.41, 5.74) is 1.33. The average molecular weight is 312 g/mol. The summed E-state index contributed by atoms with van der Waals surface area (Å²) in [6.45, 7) is 0. The lowest BCUT2D eigenvalue weighted by molar-refractivity contribution is 0.0601. The number of anilines is 2. The van der Waals surface area contributed by atoms with Gasteiger partial charge < -0.3 is 15.4 Å². The van der Waals surface area contributed by atoms with Crippen LogP contribution in [-0.4, -0.2) is 35.0 Å². The molecule has 1 fully saturated rings. The molecule has 1 aliphatic rings. The first-order valence-corrected chi connectivity index (χ1v) is 7.24. The molecule has 1 saturated carbocycles. The molecule has 1 amide bonds. The number of hydrogen-bond donors (Lipinski definition) is 2. The second-order valence-electron chi connectivity index (χ2n) is 5.21. The molecule has 7 nitrogen and oxygen atoms in total. The smallest absolute Gasteiger partial charge is 0.339 e. The summed E-state index contributed by atoms with van der Waals surface area (Å²) in [5, 5.41) is 5.82. The Morgan fingerprint density at radius 1 is 1.17 bits per heavy atom. The van der Waals surface area contributed by atoms with Crippen LogP contribution in [-0.2, 0) is 4.74 Å². The molecule has 3 rings (SSSR count). The number of hydrogen-bond acceptors (Lipinski definition) is 6. The van der Waals surface area contributed by atoms with Crippen LogP contribution in [0.5, 0.6) is 0 Å². The van der Waals surface area contributed by atoms with Crippen molar-refractivity contribution in [1.82, 2.24) is 15.3 Å². The van der Waals surface area contributed by atoms with Crippen molar-refractivity contribution in [2.45, 2.75) is 18.9 Å². The van der Waals surface area contributed by atoms with Gasteiger partial charge in [-0.05, 0) is 25.0 Å². The maximum absolute atomic E-state index is 11.9. The van der Waals surface area contributed by atoms with Gasteiger partial charge in [0.05, 0.1) is 23.9 Å². The number of carbonyl (C=O) groups excluding carboxylic acids is 2. The minimum atomic E-state index is -0.450. The maximum Gasteiger partial charge on any atom is 0.339 e. The maximum atomic E-state index is 11.9. The lowest BCUT2D eigenvalue weighted by Gasteiger charge is -2.09. The van der Waals surface area contributed by atoms with Gasteiger partial charge in [-0.3, -0.25) is 4.79 Å². The fourth-order valence-electron chi connectivity index (χ4n) is 2.01. The molecule has 1 aromatic heterocycles. The number of esters is 1. The Kier molecular flexibility index (Phi) is 4.18. The van der Waals surface area contributed by atoms with Crippen LogP contribution < -0.4 is 10.6 Å². The highest BCUT2D eigenvalue weighted by atomic mass is 16.5. The third-order valence-electron chi connectivity index (χ3n) is 3.41. The molecular weight excluding hydrogens is 296 g/mol. The molecule has 0 atom stereocenters. The van der Waals surface area contributed by atoms with E-state index in [4.69, 9.17) is 4.74 Å². The van der Waals surface area contributed by atoms with E-state index in [9.17, 15) is 9.59 Å². The van der Waals surface area contributed by atoms with Gasteiger partial charge in [-0.1, -0.05) is 12.1 Å². The number of methoxy groups -OCH3 is 1. The second-order valence-corrected chi connectivity index (χ2v) is 5.21. The standard InChI is InChI=1S/C16H16N4O3/c1-23-15(22)12-4-2-3-5-13(12)20-16-17-8-10(9-18-16)14(21)19-11-6-7-11/h2-5,8-9,11H,6-7H2,1H3,(H,19,21)(H,17,18,20). The van der Waals surface area contributed by atoms with Gasteiger partial charge in [0.1, 0.15) is 0 Å². The Labute approximate surface area is 133 Å². The summed E-state index contributed by atoms with van der Waals surface area (Å²) in [7, 11) is 1.32. The van der Waals surface area contributed by atoms with Crippen molar-refractivity contribution < 1.29 is 14.3 Å². The minimum absolute atomic E-state index is 0.172. The quantitative estimate of drug-likeness (QED) is 0.819. The zero-order chi connectivity index (χ0) is 16.2. The van der Waals surface area contributed by atoms with Crippen molar-refractivity contribution in [3.8, 4) is 0 Å². The normalized spacial score (nSPS) is 13.3. The van der Waals surface area contributed by atoms with Gasteiger partial charge in [0.15, 0.2) is 0 Å². The van der Waals surface area contributed by atoms with Gasteiger partial charge in [-0.15, -0.1) is 0 Å². The van der Waals surface area contributed by atoms with Crippen LogP contribution in [0.3, 0.4) is 0 Å². The topological polar surface area (TPSA) is 93.2 Å². The van der Waals surface area contributed by atoms with Crippen LogP contribution in [0.1, 0.15) is 33.6 Å². The number of ether oxygens (including phenoxy) is 1. The number of aromatic nitrogens is 2. The summed E-state index contributed by atoms with van der Waals surface area (Å²) < 4.78 is 4.74. The van der Waals surface area contributed by atoms with Crippen molar-refractivity contribution in [3.63, 3.8) is 0 Å². The molecule has 0 saturated heterocycles. The zero-order valence-electron chi connectivity index (χ0n) is 12.6. The number of carbonyl (C=O) groups is 2. The SMILES string of the molecule is COC(=O)c1ccccc1Nc1ncc(C(=O)NC2CC2)cn1. The zero-order valence-corrected chi connectivity index (χ0v) is 12.6. The Morgan fingerprint density at radius 3 is 2.52 bits per heavy atom. The Hall–Kier alpha value is -2.96. The predicted octanol–water partition coefficient (Wildman–Crippen LogP) is 1.90. The number of rotatable bonds is 5. The van der Waals surface area contributed by atoms with Crippen LogP contribution in [0.15, 0.2) is 36.7 Å². The minimum Gasteiger partial charge on any atom is -0.465 e. The van der Waals surface area contributed by atoms with Gasteiger partial charge in [0.25, 0.3) is 5.91 Å². The fraction of sp³-hybridized carbons (Fsp3) is 0.250. The largest absolute Gasteiger partial charge is 0.465 e. The van der Waals surface area contributed by atoms with Gasteiger partial charge in [-0.25, -0.2) is 14.8 Å². The molecule has 1 aliphatic carbocycles. The van der Waals surface area contributed by atoms with Gasteiger partial charge in [0.2, 0.25) is 5.95 Å². The second kappa shape index (κ2) is 6.43. The number of para-hydroxylation sites is 1. The van der Waals surface area contributed by atoms with Gasteiger partial charge >= 0.3 is 5.97 Å². The first kappa shape index (κ1) is 15.0. The molecule has 0 aliphatic heterocycles. The molecule has 0 unspecified atom stereocenters. The van der Waals surface area contributed by atoms with Gasteiger partial charge in [0, 0.05) is 18.4 Å². The molecule has 23 heavy (non-hydrogen) atoms. The summed E-state index contributed by atoms with van der Waals surface area (Å²) in [4.78, 5) is 31.8. The summed E-state index contributed by atoms with van der Waals surface area (Å²) in [6.07, 6.45) is 4.95. The molecule has 0 radical (unpaired) electrons. The van der Waals surface area contributed by atoms with Crippen molar-refractivity contribution >= 4 is 23.5 Å². The van der Waals surface area contributed by atoms with E-state index in [2.05, 4.69) is 20.6 Å². The van der Waals surface area contributed by atoms with Crippen LogP contribution in [0, 0.1) is 0 Å². The number of nitrogens with one attached hydrogen (secondary N) is 2. The van der Waals surface area contributed by atoms with Crippen LogP contribution in [0.4, 0.5) is 11.6 Å². The third kappa shape index (κ3) is 3.63. The highest BCUT2D eigenvalue weighted by Gasteiger charge is 2.24. The Balaban J connectivity index is 1.73. The summed E-state index contributed by atoms with van der Waals surface area (Å²) in [5.74, 6) is -0.327. The van der Waals surface area contributed by atoms with Gasteiger partial charge in [-0.2, -0.15) is 0 Å². The monoisotopic (exact) mass is 312 g/mol. The predicted molar refractivity (Wildman–Crippen MR) is 83.6 cm³/mol. The molecule has 7 heteroatoms. The Bertz CT molecular complexity index is 726. The number of nitrogens with zero attached hydrogens (tertiary/aromatic N) is 2. The van der Waals surface area contributed by atoms with E-state index in [0.29, 0.717) is 22.8 Å². The first-order valence-electron chi connectivity index (χ1n) is 7.24. The summed E-state index contributed by atoms with van der Waals surface area (Å²) >= 11 is 0. The van der Waals surface area contributed by atoms with E-state index < -0.39 is 5.97 Å². The third-order valence-corrected chi connectivity index (χ3v) is 3.41. The molecule has 118 valence electrons. The first-order chi connectivity index (χ1) is 11.2. The van der Waals surface area contributed by atoms with E-state index in [1.54, 1.807) is 24.3 Å². The van der Waals surface area contributed by atoms with Crippen molar-refractivity contribution in [2.24, 2.45) is 0 Å². The molecule has 2 N–H and O–H groups in total. The summed E-state index contributed by atoms with van der Waals surface area (Å²) in [6, 6.07) is 7.18. The fourth-order valence-corrected chi connectivity index (χ4v) is 2.01. The van der Waals surface area contributed by atoms with E-state index in [1.807, 2.05) is 0 Å². The molecule has 0 spiro atoms. The average Bonchev–Trinajstić information content (AvgIpc) is 3.39. The molecular formula is C16H16N4O3. The van der Waals surface area contributed by atoms with Crippen molar-refractivity contribution in [3.05, 3.63) is 47.8 Å². The van der Waals surface area contributed by atoms with E-state index in [1.165, 1.54) is 19.5 Å². The van der Waals surface area contributed by atoms with Crippen molar-refractivity contribution in [1.29, 1.82) is 0 Å². The highest BCUT2D eigenvalue weighted by molar-refractivity contribution is 5.96. The Morgan fingerprint density at radius 2 is 1.87 bits per heavy atom. The lowest BCUT2D eigenvalue weighted by Crippen LogP contribution is -2.25. The molecule has 1 aromatic carbocycles. The molecule has 0 bridgehead atoms. The molecule has 1 heterocycles. The van der Waals surface area contributed by atoms with Crippen LogP contribution >= 0.6 is 0 Å². The van der Waals surface area contributed by atoms with Crippen LogP contribution in [0.2, 0.25) is 0 Å². The van der Waals surface area contributed by atoms with Crippen LogP contribution in [0.25, 0.3) is 0 Å². The number of benzene rings is 1. The highest BCUT2D eigenvalue weighted by Crippen LogP contribution is 2.20.